The lowest BCUT2D eigenvalue weighted by atomic mass is 9.69. The summed E-state index contributed by atoms with van der Waals surface area (Å²) in [6, 6.07) is 30.8. The van der Waals surface area contributed by atoms with Gasteiger partial charge in [-0.1, -0.05) is 99.6 Å². The maximum Gasteiger partial charge on any atom is 0.217 e. The Morgan fingerprint density at radius 3 is 2.03 bits per heavy atom. The van der Waals surface area contributed by atoms with E-state index in [0.29, 0.717) is 5.92 Å². The van der Waals surface area contributed by atoms with E-state index < -0.39 is 7.92 Å². The maximum atomic E-state index is 6.73. The Balaban J connectivity index is 1.46. The third-order valence-corrected chi connectivity index (χ3v) is 11.1. The van der Waals surface area contributed by atoms with E-state index in [0.717, 1.165) is 5.90 Å². The molecule has 32 heavy (non-hydrogen) atoms. The van der Waals surface area contributed by atoms with Crippen molar-refractivity contribution in [3.8, 4) is 0 Å². The number of benzene rings is 3. The van der Waals surface area contributed by atoms with Crippen molar-refractivity contribution in [2.45, 2.75) is 45.8 Å². The van der Waals surface area contributed by atoms with Crippen LogP contribution in [0.3, 0.4) is 0 Å². The number of rotatable bonds is 4. The summed E-state index contributed by atoms with van der Waals surface area (Å²) in [4.78, 5) is 5.31. The molecule has 0 spiro atoms. The zero-order chi connectivity index (χ0) is 21.9. The molecule has 2 aliphatic carbocycles. The average Bonchev–Trinajstić information content (AvgIpc) is 3.40. The zero-order valence-electron chi connectivity index (χ0n) is 19.0. The van der Waals surface area contributed by atoms with Gasteiger partial charge < -0.3 is 4.74 Å². The number of nitrogens with zero attached hydrogens (tertiary/aromatic N) is 1. The van der Waals surface area contributed by atoms with E-state index in [1.165, 1.54) is 34.3 Å². The second-order valence-electron chi connectivity index (χ2n) is 10.3. The first kappa shape index (κ1) is 20.2. The lowest BCUT2D eigenvalue weighted by Gasteiger charge is -2.36. The first-order valence-corrected chi connectivity index (χ1v) is 13.1. The lowest BCUT2D eigenvalue weighted by Crippen LogP contribution is -2.36. The number of aliphatic imine (C=N–C) groups is 1. The second-order valence-corrected chi connectivity index (χ2v) is 12.5. The number of hydrogen-bond acceptors (Lipinski definition) is 2. The van der Waals surface area contributed by atoms with Crippen molar-refractivity contribution in [3.05, 3.63) is 90.5 Å². The summed E-state index contributed by atoms with van der Waals surface area (Å²) in [5.41, 5.74) is 1.68. The van der Waals surface area contributed by atoms with Crippen LogP contribution >= 0.6 is 7.92 Å². The molecule has 3 heteroatoms. The minimum Gasteiger partial charge on any atom is -0.472 e. The molecule has 3 aromatic rings. The van der Waals surface area contributed by atoms with Crippen LogP contribution in [0.4, 0.5) is 0 Å². The van der Waals surface area contributed by atoms with Gasteiger partial charge in [-0.3, -0.25) is 0 Å². The zero-order valence-corrected chi connectivity index (χ0v) is 19.9. The van der Waals surface area contributed by atoms with Crippen LogP contribution in [0, 0.1) is 16.7 Å². The molecule has 2 nitrogen and oxygen atoms in total. The first-order valence-electron chi connectivity index (χ1n) is 11.7. The fourth-order valence-corrected chi connectivity index (χ4v) is 8.90. The third-order valence-electron chi connectivity index (χ3n) is 8.64. The van der Waals surface area contributed by atoms with Crippen molar-refractivity contribution in [2.75, 3.05) is 0 Å². The number of ether oxygens (including phenoxy) is 1. The summed E-state index contributed by atoms with van der Waals surface area (Å²) in [7, 11) is -0.697. The quantitative estimate of drug-likeness (QED) is 0.498. The highest BCUT2D eigenvalue weighted by Crippen LogP contribution is 2.68. The molecule has 1 heterocycles. The van der Waals surface area contributed by atoms with Gasteiger partial charge in [0.2, 0.25) is 5.90 Å². The highest BCUT2D eigenvalue weighted by Gasteiger charge is 2.69. The molecule has 2 fully saturated rings. The van der Waals surface area contributed by atoms with Crippen molar-refractivity contribution >= 4 is 29.7 Å². The molecule has 0 saturated heterocycles. The van der Waals surface area contributed by atoms with E-state index in [1.54, 1.807) is 0 Å². The Hall–Kier alpha value is -2.44. The fraction of sp³-hybridized carbons (Fsp3) is 0.345. The van der Waals surface area contributed by atoms with Gasteiger partial charge in [0.1, 0.15) is 6.10 Å². The van der Waals surface area contributed by atoms with E-state index in [1.807, 2.05) is 0 Å². The van der Waals surface area contributed by atoms with Crippen molar-refractivity contribution in [1.29, 1.82) is 0 Å². The molecule has 3 aliphatic rings. The van der Waals surface area contributed by atoms with E-state index in [4.69, 9.17) is 9.73 Å². The van der Waals surface area contributed by atoms with Gasteiger partial charge in [-0.05, 0) is 53.6 Å². The third kappa shape index (κ3) is 2.78. The van der Waals surface area contributed by atoms with Crippen LogP contribution in [0.25, 0.3) is 0 Å². The van der Waals surface area contributed by atoms with Gasteiger partial charge in [0, 0.05) is 11.5 Å². The Morgan fingerprint density at radius 1 is 0.812 bits per heavy atom. The highest BCUT2D eigenvalue weighted by molar-refractivity contribution is 7.80. The smallest absolute Gasteiger partial charge is 0.217 e. The van der Waals surface area contributed by atoms with Crippen LogP contribution in [-0.4, -0.2) is 18.0 Å². The molecule has 1 unspecified atom stereocenters. The molecule has 4 atom stereocenters. The van der Waals surface area contributed by atoms with Crippen LogP contribution in [0.1, 0.15) is 39.2 Å². The van der Waals surface area contributed by atoms with Gasteiger partial charge in [0.05, 0.1) is 6.04 Å². The molecule has 0 radical (unpaired) electrons. The molecule has 162 valence electrons. The summed E-state index contributed by atoms with van der Waals surface area (Å²) in [5, 5.41) is 4.04. The van der Waals surface area contributed by atoms with Gasteiger partial charge in [-0.25, -0.2) is 4.99 Å². The van der Waals surface area contributed by atoms with Gasteiger partial charge >= 0.3 is 0 Å². The Labute approximate surface area is 192 Å². The Morgan fingerprint density at radius 2 is 1.41 bits per heavy atom. The molecule has 0 amide bonds. The fourth-order valence-electron chi connectivity index (χ4n) is 6.46. The molecule has 3 aromatic carbocycles. The minimum absolute atomic E-state index is 0.225. The average molecular weight is 440 g/mol. The predicted octanol–water partition coefficient (Wildman–Crippen LogP) is 5.41. The molecule has 2 saturated carbocycles. The van der Waals surface area contributed by atoms with Gasteiger partial charge in [-0.15, -0.1) is 0 Å². The van der Waals surface area contributed by atoms with Crippen molar-refractivity contribution in [1.82, 2.24) is 0 Å². The molecule has 0 aromatic heterocycles. The summed E-state index contributed by atoms with van der Waals surface area (Å²) in [5.74, 6) is 1.46. The highest BCUT2D eigenvalue weighted by atomic mass is 31.1. The summed E-state index contributed by atoms with van der Waals surface area (Å²) < 4.78 is 6.73. The second kappa shape index (κ2) is 7.29. The number of fused-ring (bicyclic) bond motifs is 5. The number of hydrogen-bond donors (Lipinski definition) is 0. The molecular weight excluding hydrogens is 409 g/mol. The van der Waals surface area contributed by atoms with Crippen LogP contribution in [-0.2, 0) is 4.74 Å². The van der Waals surface area contributed by atoms with Crippen LogP contribution in [0.2, 0.25) is 0 Å². The Kier molecular flexibility index (Phi) is 4.60. The lowest BCUT2D eigenvalue weighted by molar-refractivity contribution is 0.116. The van der Waals surface area contributed by atoms with Crippen molar-refractivity contribution in [3.63, 3.8) is 0 Å². The standard InChI is InChI=1S/C29H30NOP/c1-28(2)23-18-19-29(28,3)26-25(23)31-27(30-26)22-16-10-11-17-24(22)32(20-12-6-4-7-13-20)21-14-8-5-9-15-21/h4-17,23,25-26H,18-19H2,1-3H3/t23-,25-,26-,29?/m1/s1. The summed E-state index contributed by atoms with van der Waals surface area (Å²) >= 11 is 0. The molecule has 6 rings (SSSR count). The van der Waals surface area contributed by atoms with Gasteiger partial charge in [0.15, 0.2) is 0 Å². The minimum atomic E-state index is -0.697. The molecule has 1 aliphatic heterocycles. The van der Waals surface area contributed by atoms with E-state index >= 15 is 0 Å². The van der Waals surface area contributed by atoms with Crippen LogP contribution in [0.15, 0.2) is 89.9 Å². The molecule has 0 N–H and O–H groups in total. The van der Waals surface area contributed by atoms with E-state index in [-0.39, 0.29) is 23.0 Å². The van der Waals surface area contributed by atoms with Crippen LogP contribution < -0.4 is 15.9 Å². The largest absolute Gasteiger partial charge is 0.472 e. The monoisotopic (exact) mass is 439 g/mol. The van der Waals surface area contributed by atoms with Gasteiger partial charge in [-0.2, -0.15) is 0 Å². The first-order chi connectivity index (χ1) is 15.5. The van der Waals surface area contributed by atoms with Gasteiger partial charge in [0.25, 0.3) is 0 Å². The van der Waals surface area contributed by atoms with Crippen molar-refractivity contribution < 1.29 is 4.74 Å². The van der Waals surface area contributed by atoms with E-state index in [9.17, 15) is 0 Å². The Bertz CT molecular complexity index is 1130. The van der Waals surface area contributed by atoms with Crippen molar-refractivity contribution in [2.24, 2.45) is 21.7 Å². The van der Waals surface area contributed by atoms with E-state index in [2.05, 4.69) is 106 Å². The molecular formula is C29H30NOP. The van der Waals surface area contributed by atoms with Crippen LogP contribution in [0.5, 0.6) is 0 Å². The predicted molar refractivity (Wildman–Crippen MR) is 135 cm³/mol. The molecule has 2 bridgehead atoms. The summed E-state index contributed by atoms with van der Waals surface area (Å²) in [6.45, 7) is 7.30. The SMILES string of the molecule is CC1(C)[C@@H]2CCC1(C)[C@@H]1N=C(c3ccccc3P(c3ccccc3)c3ccccc3)O[C@H]21. The normalized spacial score (nSPS) is 29.6. The topological polar surface area (TPSA) is 21.6 Å². The summed E-state index contributed by atoms with van der Waals surface area (Å²) in [6.07, 6.45) is 2.75. The maximum absolute atomic E-state index is 6.73.